The van der Waals surface area contributed by atoms with Gasteiger partial charge < -0.3 is 15.8 Å². The van der Waals surface area contributed by atoms with E-state index in [0.29, 0.717) is 6.04 Å². The molecule has 78 valence electrons. The van der Waals surface area contributed by atoms with Crippen LogP contribution in [0.2, 0.25) is 0 Å². The molecule has 0 aromatic carbocycles. The van der Waals surface area contributed by atoms with Crippen molar-refractivity contribution < 1.29 is 4.74 Å². The highest BCUT2D eigenvalue weighted by molar-refractivity contribution is 4.91. The molecule has 1 saturated carbocycles. The minimum atomic E-state index is 0.503. The summed E-state index contributed by atoms with van der Waals surface area (Å²) in [5, 5.41) is 3.60. The van der Waals surface area contributed by atoms with Crippen LogP contribution in [0.5, 0.6) is 0 Å². The first kappa shape index (κ1) is 11.0. The van der Waals surface area contributed by atoms with E-state index >= 15 is 0 Å². The quantitative estimate of drug-likeness (QED) is 0.616. The zero-order valence-electron chi connectivity index (χ0n) is 8.75. The molecule has 0 aliphatic heterocycles. The van der Waals surface area contributed by atoms with E-state index in [0.717, 1.165) is 38.0 Å². The molecular weight excluding hydrogens is 164 g/mol. The van der Waals surface area contributed by atoms with Gasteiger partial charge >= 0.3 is 0 Å². The zero-order valence-corrected chi connectivity index (χ0v) is 8.75. The van der Waals surface area contributed by atoms with E-state index in [9.17, 15) is 0 Å². The van der Waals surface area contributed by atoms with Gasteiger partial charge in [0.1, 0.15) is 0 Å². The third-order valence-corrected chi connectivity index (χ3v) is 2.68. The molecule has 0 bridgehead atoms. The van der Waals surface area contributed by atoms with Gasteiger partial charge in [0.05, 0.1) is 6.61 Å². The van der Waals surface area contributed by atoms with Gasteiger partial charge in [-0.3, -0.25) is 0 Å². The molecule has 3 atom stereocenters. The second-order valence-electron chi connectivity index (χ2n) is 4.07. The number of methoxy groups -OCH3 is 1. The first-order chi connectivity index (χ1) is 6.27. The Morgan fingerprint density at radius 1 is 1.62 bits per heavy atom. The molecule has 1 fully saturated rings. The normalized spacial score (nSPS) is 28.8. The maximum absolute atomic E-state index is 5.48. The van der Waals surface area contributed by atoms with Crippen molar-refractivity contribution in [1.82, 2.24) is 5.32 Å². The van der Waals surface area contributed by atoms with Crippen molar-refractivity contribution in [3.8, 4) is 0 Å². The summed E-state index contributed by atoms with van der Waals surface area (Å²) < 4.78 is 5.16. The first-order valence-electron chi connectivity index (χ1n) is 5.23. The van der Waals surface area contributed by atoms with Crippen molar-refractivity contribution in [2.45, 2.75) is 38.3 Å². The molecule has 1 aliphatic rings. The van der Waals surface area contributed by atoms with Crippen molar-refractivity contribution in [3.05, 3.63) is 0 Å². The van der Waals surface area contributed by atoms with Gasteiger partial charge in [-0.05, 0) is 31.7 Å². The molecule has 1 aliphatic carbocycles. The number of nitrogens with one attached hydrogen (secondary N) is 1. The van der Waals surface area contributed by atoms with Crippen LogP contribution in [-0.4, -0.2) is 32.3 Å². The Balaban J connectivity index is 2.13. The molecule has 0 aromatic rings. The summed E-state index contributed by atoms with van der Waals surface area (Å²) in [6.07, 6.45) is 3.54. The van der Waals surface area contributed by atoms with E-state index in [4.69, 9.17) is 10.5 Å². The number of hydrogen-bond acceptors (Lipinski definition) is 3. The van der Waals surface area contributed by atoms with Gasteiger partial charge in [0.15, 0.2) is 0 Å². The molecule has 0 aromatic heterocycles. The fourth-order valence-corrected chi connectivity index (χ4v) is 1.64. The smallest absolute Gasteiger partial charge is 0.0615 e. The Labute approximate surface area is 81.0 Å². The van der Waals surface area contributed by atoms with Crippen molar-refractivity contribution in [3.63, 3.8) is 0 Å². The third kappa shape index (κ3) is 4.07. The molecule has 0 radical (unpaired) electrons. The largest absolute Gasteiger partial charge is 0.383 e. The zero-order chi connectivity index (χ0) is 9.68. The molecule has 0 amide bonds. The number of rotatable bonds is 7. The van der Waals surface area contributed by atoms with Crippen LogP contribution >= 0.6 is 0 Å². The predicted molar refractivity (Wildman–Crippen MR) is 54.7 cm³/mol. The Morgan fingerprint density at radius 2 is 2.31 bits per heavy atom. The summed E-state index contributed by atoms with van der Waals surface area (Å²) in [5.74, 6) is 0.859. The maximum Gasteiger partial charge on any atom is 0.0615 e. The molecule has 3 heteroatoms. The summed E-state index contributed by atoms with van der Waals surface area (Å²) in [6, 6.07) is 1.24. The number of hydrogen-bond donors (Lipinski definition) is 2. The van der Waals surface area contributed by atoms with Crippen LogP contribution in [0.4, 0.5) is 0 Å². The van der Waals surface area contributed by atoms with Gasteiger partial charge in [0.25, 0.3) is 0 Å². The molecular formula is C10H22N2O. The molecule has 0 spiro atoms. The van der Waals surface area contributed by atoms with Crippen LogP contribution in [0.1, 0.15) is 26.2 Å². The fourth-order valence-electron chi connectivity index (χ4n) is 1.64. The lowest BCUT2D eigenvalue weighted by atomic mass is 10.1. The number of nitrogens with two attached hydrogens (primary N) is 1. The monoisotopic (exact) mass is 186 g/mol. The Bertz CT molecular complexity index is 141. The summed E-state index contributed by atoms with van der Waals surface area (Å²) in [4.78, 5) is 0. The predicted octanol–water partition coefficient (Wildman–Crippen LogP) is 0.738. The first-order valence-corrected chi connectivity index (χ1v) is 5.23. The van der Waals surface area contributed by atoms with Crippen molar-refractivity contribution in [1.29, 1.82) is 0 Å². The van der Waals surface area contributed by atoms with Crippen LogP contribution < -0.4 is 11.1 Å². The SMILES string of the molecule is COCC(CCCN)NC1CC1C. The van der Waals surface area contributed by atoms with Crippen molar-refractivity contribution in [2.75, 3.05) is 20.3 Å². The van der Waals surface area contributed by atoms with E-state index in [1.807, 2.05) is 0 Å². The highest BCUT2D eigenvalue weighted by atomic mass is 16.5. The Hall–Kier alpha value is -0.120. The summed E-state index contributed by atoms with van der Waals surface area (Å²) >= 11 is 0. The van der Waals surface area contributed by atoms with Crippen LogP contribution in [0, 0.1) is 5.92 Å². The van der Waals surface area contributed by atoms with Crippen molar-refractivity contribution in [2.24, 2.45) is 11.7 Å². The lowest BCUT2D eigenvalue weighted by molar-refractivity contribution is 0.160. The van der Waals surface area contributed by atoms with E-state index in [2.05, 4.69) is 12.2 Å². The molecule has 0 heterocycles. The standard InChI is InChI=1S/C10H22N2O/c1-8-6-10(8)12-9(7-13-2)4-3-5-11/h8-10,12H,3-7,11H2,1-2H3. The van der Waals surface area contributed by atoms with Crippen LogP contribution in [-0.2, 0) is 4.74 Å². The van der Waals surface area contributed by atoms with Gasteiger partial charge in [0, 0.05) is 19.2 Å². The highest BCUT2D eigenvalue weighted by Gasteiger charge is 2.33. The van der Waals surface area contributed by atoms with Gasteiger partial charge in [0.2, 0.25) is 0 Å². The van der Waals surface area contributed by atoms with Gasteiger partial charge in [-0.2, -0.15) is 0 Å². The lowest BCUT2D eigenvalue weighted by Gasteiger charge is -2.17. The molecule has 13 heavy (non-hydrogen) atoms. The van der Waals surface area contributed by atoms with Gasteiger partial charge in [-0.1, -0.05) is 6.92 Å². The second kappa shape index (κ2) is 5.58. The lowest BCUT2D eigenvalue weighted by Crippen LogP contribution is -2.35. The Kier molecular flexibility index (Phi) is 4.70. The van der Waals surface area contributed by atoms with Gasteiger partial charge in [-0.15, -0.1) is 0 Å². The van der Waals surface area contributed by atoms with E-state index in [1.165, 1.54) is 6.42 Å². The van der Waals surface area contributed by atoms with E-state index in [-0.39, 0.29) is 0 Å². The van der Waals surface area contributed by atoms with E-state index in [1.54, 1.807) is 7.11 Å². The van der Waals surface area contributed by atoms with Crippen LogP contribution in [0.25, 0.3) is 0 Å². The number of ether oxygens (including phenoxy) is 1. The molecule has 1 rings (SSSR count). The minimum absolute atomic E-state index is 0.503. The average Bonchev–Trinajstić information content (AvgIpc) is 2.78. The Morgan fingerprint density at radius 3 is 2.77 bits per heavy atom. The fraction of sp³-hybridized carbons (Fsp3) is 1.00. The summed E-state index contributed by atoms with van der Waals surface area (Å²) in [5.41, 5.74) is 5.48. The topological polar surface area (TPSA) is 47.3 Å². The molecule has 3 N–H and O–H groups in total. The summed E-state index contributed by atoms with van der Waals surface area (Å²) in [6.45, 7) is 3.87. The third-order valence-electron chi connectivity index (χ3n) is 2.68. The molecule has 3 unspecified atom stereocenters. The highest BCUT2D eigenvalue weighted by Crippen LogP contribution is 2.29. The van der Waals surface area contributed by atoms with E-state index < -0.39 is 0 Å². The molecule has 0 saturated heterocycles. The van der Waals surface area contributed by atoms with Crippen LogP contribution in [0.15, 0.2) is 0 Å². The van der Waals surface area contributed by atoms with Crippen molar-refractivity contribution >= 4 is 0 Å². The minimum Gasteiger partial charge on any atom is -0.383 e. The van der Waals surface area contributed by atoms with Gasteiger partial charge in [-0.25, -0.2) is 0 Å². The molecule has 3 nitrogen and oxygen atoms in total. The summed E-state index contributed by atoms with van der Waals surface area (Å²) in [7, 11) is 1.76. The maximum atomic E-state index is 5.48. The second-order valence-corrected chi connectivity index (χ2v) is 4.07. The average molecular weight is 186 g/mol. The van der Waals surface area contributed by atoms with Crippen LogP contribution in [0.3, 0.4) is 0 Å².